The summed E-state index contributed by atoms with van der Waals surface area (Å²) in [5.41, 5.74) is 9.23. The molecule has 0 spiro atoms. The summed E-state index contributed by atoms with van der Waals surface area (Å²) in [7, 11) is 0. The summed E-state index contributed by atoms with van der Waals surface area (Å²) in [5.74, 6) is 0. The first-order valence-electron chi connectivity index (χ1n) is 14.0. The van der Waals surface area contributed by atoms with Crippen molar-refractivity contribution in [3.05, 3.63) is 138 Å². The molecule has 3 heteroatoms. The van der Waals surface area contributed by atoms with E-state index in [2.05, 4.69) is 162 Å². The van der Waals surface area contributed by atoms with Gasteiger partial charge in [-0.3, -0.25) is 4.99 Å². The van der Waals surface area contributed by atoms with E-state index < -0.39 is 0 Å². The van der Waals surface area contributed by atoms with Gasteiger partial charge in [0, 0.05) is 41.5 Å². The molecule has 1 heterocycles. The van der Waals surface area contributed by atoms with Crippen molar-refractivity contribution in [1.29, 1.82) is 0 Å². The molecular weight excluding hydrogens is 486 g/mol. The second kappa shape index (κ2) is 11.5. The van der Waals surface area contributed by atoms with Gasteiger partial charge in [-0.15, -0.1) is 0 Å². The van der Waals surface area contributed by atoms with Gasteiger partial charge in [0.25, 0.3) is 0 Å². The van der Waals surface area contributed by atoms with Crippen LogP contribution < -0.4 is 4.90 Å². The van der Waals surface area contributed by atoms with E-state index in [1.165, 1.54) is 38.7 Å². The molecule has 6 rings (SSSR count). The van der Waals surface area contributed by atoms with Gasteiger partial charge >= 0.3 is 0 Å². The molecule has 0 aliphatic rings. The van der Waals surface area contributed by atoms with E-state index in [-0.39, 0.29) is 0 Å². The Balaban J connectivity index is 1.15. The molecule has 5 aromatic carbocycles. The first kappa shape index (κ1) is 25.4. The number of aromatic nitrogens is 1. The van der Waals surface area contributed by atoms with Gasteiger partial charge in [-0.1, -0.05) is 84.9 Å². The number of nitrogens with zero attached hydrogens (tertiary/aromatic N) is 3. The van der Waals surface area contributed by atoms with E-state index in [0.29, 0.717) is 0 Å². The van der Waals surface area contributed by atoms with Gasteiger partial charge in [0.1, 0.15) is 0 Å². The summed E-state index contributed by atoms with van der Waals surface area (Å²) in [6.45, 7) is 6.39. The molecule has 0 amide bonds. The fourth-order valence-corrected chi connectivity index (χ4v) is 5.31. The standard InChI is InChI=1S/C37H33N3/c1-3-39(4-2)32-23-19-30(20-24-32)27-38-31-21-15-28(16-22-31)13-14-29-17-25-33(26-18-29)40-36-11-7-5-9-34(36)35-10-6-8-12-37(35)40/h5-27H,3-4H2,1-2H3/b14-13+,38-27?. The molecule has 196 valence electrons. The van der Waals surface area contributed by atoms with E-state index in [1.54, 1.807) is 0 Å². The second-order valence-corrected chi connectivity index (χ2v) is 9.91. The summed E-state index contributed by atoms with van der Waals surface area (Å²) in [6.07, 6.45) is 6.23. The average Bonchev–Trinajstić information content (AvgIpc) is 3.35. The van der Waals surface area contributed by atoms with Gasteiger partial charge in [-0.25, -0.2) is 0 Å². The predicted octanol–water partition coefficient (Wildman–Crippen LogP) is 9.55. The van der Waals surface area contributed by atoms with Crippen molar-refractivity contribution in [2.75, 3.05) is 18.0 Å². The minimum atomic E-state index is 0.945. The first-order chi connectivity index (χ1) is 19.7. The molecule has 1 aromatic heterocycles. The molecule has 0 radical (unpaired) electrons. The Kier molecular flexibility index (Phi) is 7.28. The number of aliphatic imine (C=N–C) groups is 1. The van der Waals surface area contributed by atoms with Gasteiger partial charge in [0.2, 0.25) is 0 Å². The fraction of sp³-hybridized carbons (Fsp3) is 0.108. The number of fused-ring (bicyclic) bond motifs is 3. The number of anilines is 1. The monoisotopic (exact) mass is 519 g/mol. The number of hydrogen-bond acceptors (Lipinski definition) is 2. The highest BCUT2D eigenvalue weighted by Crippen LogP contribution is 2.31. The summed E-state index contributed by atoms with van der Waals surface area (Å²) >= 11 is 0. The van der Waals surface area contributed by atoms with Crippen LogP contribution in [0.2, 0.25) is 0 Å². The van der Waals surface area contributed by atoms with E-state index in [1.807, 2.05) is 6.21 Å². The molecule has 0 bridgehead atoms. The van der Waals surface area contributed by atoms with E-state index in [4.69, 9.17) is 0 Å². The Morgan fingerprint density at radius 1 is 0.575 bits per heavy atom. The third-order valence-electron chi connectivity index (χ3n) is 7.48. The van der Waals surface area contributed by atoms with Crippen molar-refractivity contribution < 1.29 is 0 Å². The highest BCUT2D eigenvalue weighted by Gasteiger charge is 2.10. The van der Waals surface area contributed by atoms with E-state index in [9.17, 15) is 0 Å². The summed E-state index contributed by atoms with van der Waals surface area (Å²) in [4.78, 5) is 7.00. The fourth-order valence-electron chi connectivity index (χ4n) is 5.31. The zero-order chi connectivity index (χ0) is 27.3. The van der Waals surface area contributed by atoms with Crippen molar-refractivity contribution in [2.45, 2.75) is 13.8 Å². The lowest BCUT2D eigenvalue weighted by Crippen LogP contribution is -2.21. The van der Waals surface area contributed by atoms with Gasteiger partial charge in [-0.2, -0.15) is 0 Å². The molecule has 0 aliphatic carbocycles. The molecule has 0 aliphatic heterocycles. The average molecular weight is 520 g/mol. The van der Waals surface area contributed by atoms with Gasteiger partial charge in [-0.05, 0) is 79.1 Å². The van der Waals surface area contributed by atoms with Crippen LogP contribution in [0.5, 0.6) is 0 Å². The SMILES string of the molecule is CCN(CC)c1ccc(C=Nc2ccc(/C=C/c3ccc(-n4c5ccccc5c5ccccc54)cc3)cc2)cc1. The summed E-state index contributed by atoms with van der Waals surface area (Å²) < 4.78 is 2.34. The molecule has 0 N–H and O–H groups in total. The number of rotatable bonds is 8. The molecule has 3 nitrogen and oxygen atoms in total. The topological polar surface area (TPSA) is 20.5 Å². The lowest BCUT2D eigenvalue weighted by molar-refractivity contribution is 0.866. The maximum absolute atomic E-state index is 4.66. The van der Waals surface area contributed by atoms with E-state index in [0.717, 1.165) is 29.9 Å². The lowest BCUT2D eigenvalue weighted by Gasteiger charge is -2.20. The zero-order valence-electron chi connectivity index (χ0n) is 23.0. The Hall–Kier alpha value is -4.89. The summed E-state index contributed by atoms with van der Waals surface area (Å²) in [6, 6.07) is 42.9. The van der Waals surface area contributed by atoms with Crippen LogP contribution in [-0.4, -0.2) is 23.9 Å². The maximum atomic E-state index is 4.66. The van der Waals surface area contributed by atoms with Crippen molar-refractivity contribution >= 4 is 51.5 Å². The van der Waals surface area contributed by atoms with Crippen molar-refractivity contribution in [1.82, 2.24) is 4.57 Å². The Morgan fingerprint density at radius 3 is 1.62 bits per heavy atom. The number of hydrogen-bond donors (Lipinski definition) is 0. The predicted molar refractivity (Wildman–Crippen MR) is 173 cm³/mol. The maximum Gasteiger partial charge on any atom is 0.0630 e. The molecule has 0 fully saturated rings. The second-order valence-electron chi connectivity index (χ2n) is 9.91. The van der Waals surface area contributed by atoms with Crippen LogP contribution in [0.4, 0.5) is 11.4 Å². The van der Waals surface area contributed by atoms with Crippen LogP contribution in [0, 0.1) is 0 Å². The van der Waals surface area contributed by atoms with Crippen LogP contribution in [-0.2, 0) is 0 Å². The molecule has 6 aromatic rings. The van der Waals surface area contributed by atoms with Crippen molar-refractivity contribution in [2.24, 2.45) is 4.99 Å². The Bertz CT molecular complexity index is 1730. The molecule has 0 unspecified atom stereocenters. The molecule has 0 saturated carbocycles. The molecule has 40 heavy (non-hydrogen) atoms. The smallest absolute Gasteiger partial charge is 0.0630 e. The lowest BCUT2D eigenvalue weighted by atomic mass is 10.1. The highest BCUT2D eigenvalue weighted by atomic mass is 15.1. The Labute approximate surface area is 236 Å². The van der Waals surface area contributed by atoms with Crippen LogP contribution in [0.1, 0.15) is 30.5 Å². The van der Waals surface area contributed by atoms with Gasteiger partial charge < -0.3 is 9.47 Å². The normalized spacial score (nSPS) is 11.8. The highest BCUT2D eigenvalue weighted by molar-refractivity contribution is 6.09. The van der Waals surface area contributed by atoms with Crippen molar-refractivity contribution in [3.63, 3.8) is 0 Å². The van der Waals surface area contributed by atoms with Crippen LogP contribution >= 0.6 is 0 Å². The molecule has 0 atom stereocenters. The third-order valence-corrected chi connectivity index (χ3v) is 7.48. The van der Waals surface area contributed by atoms with E-state index >= 15 is 0 Å². The quantitative estimate of drug-likeness (QED) is 0.145. The zero-order valence-corrected chi connectivity index (χ0v) is 23.0. The molecule has 0 saturated heterocycles. The third kappa shape index (κ3) is 5.19. The van der Waals surface area contributed by atoms with Crippen LogP contribution in [0.25, 0.3) is 39.6 Å². The molecular formula is C37H33N3. The minimum absolute atomic E-state index is 0.945. The minimum Gasteiger partial charge on any atom is -0.372 e. The number of para-hydroxylation sites is 2. The van der Waals surface area contributed by atoms with Gasteiger partial charge in [0.05, 0.1) is 16.7 Å². The first-order valence-corrected chi connectivity index (χ1v) is 14.0. The van der Waals surface area contributed by atoms with Crippen LogP contribution in [0.15, 0.2) is 126 Å². The number of benzene rings is 5. The summed E-state index contributed by atoms with van der Waals surface area (Å²) in [5, 5.41) is 2.56. The van der Waals surface area contributed by atoms with Crippen LogP contribution in [0.3, 0.4) is 0 Å². The van der Waals surface area contributed by atoms with Gasteiger partial charge in [0.15, 0.2) is 0 Å². The van der Waals surface area contributed by atoms with Crippen molar-refractivity contribution in [3.8, 4) is 5.69 Å². The largest absolute Gasteiger partial charge is 0.372 e. The Morgan fingerprint density at radius 2 is 1.07 bits per heavy atom.